The highest BCUT2D eigenvalue weighted by Gasteiger charge is 2.20. The molecule has 1 aliphatic heterocycles. The number of fused-ring (bicyclic) bond motifs is 1. The van der Waals surface area contributed by atoms with Crippen LogP contribution in [0.15, 0.2) is 91.0 Å². The Kier molecular flexibility index (Phi) is 6.99. The number of aryl methyl sites for hydroxylation is 1. The third-order valence-electron chi connectivity index (χ3n) is 6.77. The summed E-state index contributed by atoms with van der Waals surface area (Å²) in [4.78, 5) is 26.7. The van der Waals surface area contributed by atoms with Gasteiger partial charge in [-0.05, 0) is 65.4 Å². The SMILES string of the molecule is NC(=O)c1ccccc1-c1ccc(CN2CCCc3cc(C(=O)NCc4ccccc4)ccc32)c(F)c1. The van der Waals surface area contributed by atoms with E-state index < -0.39 is 5.91 Å². The van der Waals surface area contributed by atoms with Crippen molar-refractivity contribution in [2.45, 2.75) is 25.9 Å². The van der Waals surface area contributed by atoms with Gasteiger partial charge in [-0.1, -0.05) is 60.7 Å². The number of benzene rings is 4. The van der Waals surface area contributed by atoms with Crippen molar-refractivity contribution in [1.82, 2.24) is 5.32 Å². The maximum atomic E-state index is 15.2. The molecule has 0 saturated carbocycles. The van der Waals surface area contributed by atoms with Crippen molar-refractivity contribution in [3.05, 3.63) is 125 Å². The lowest BCUT2D eigenvalue weighted by molar-refractivity contribution is 0.0949. The maximum Gasteiger partial charge on any atom is 0.251 e. The second-order valence-electron chi connectivity index (χ2n) is 9.25. The maximum absolute atomic E-state index is 15.2. The first-order valence-electron chi connectivity index (χ1n) is 12.4. The molecule has 0 radical (unpaired) electrons. The monoisotopic (exact) mass is 493 g/mol. The molecule has 1 aliphatic rings. The van der Waals surface area contributed by atoms with Gasteiger partial charge in [-0.2, -0.15) is 0 Å². The molecule has 0 saturated heterocycles. The molecule has 186 valence electrons. The van der Waals surface area contributed by atoms with Crippen LogP contribution in [0.1, 0.15) is 43.8 Å². The summed E-state index contributed by atoms with van der Waals surface area (Å²) in [6.07, 6.45) is 1.80. The lowest BCUT2D eigenvalue weighted by atomic mass is 9.96. The number of primary amides is 1. The molecule has 37 heavy (non-hydrogen) atoms. The van der Waals surface area contributed by atoms with E-state index in [-0.39, 0.29) is 11.7 Å². The number of nitrogens with zero attached hydrogens (tertiary/aromatic N) is 1. The Morgan fingerprint density at radius 2 is 1.70 bits per heavy atom. The zero-order chi connectivity index (χ0) is 25.8. The number of halogens is 1. The number of carbonyl (C=O) groups excluding carboxylic acids is 2. The number of hydrogen-bond donors (Lipinski definition) is 2. The summed E-state index contributed by atoms with van der Waals surface area (Å²) < 4.78 is 15.2. The molecular weight excluding hydrogens is 465 g/mol. The highest BCUT2D eigenvalue weighted by Crippen LogP contribution is 2.31. The molecule has 4 aromatic carbocycles. The number of rotatable bonds is 7. The minimum Gasteiger partial charge on any atom is -0.367 e. The van der Waals surface area contributed by atoms with Crippen LogP contribution >= 0.6 is 0 Å². The summed E-state index contributed by atoms with van der Waals surface area (Å²) in [5, 5.41) is 2.98. The van der Waals surface area contributed by atoms with Crippen molar-refractivity contribution in [1.29, 1.82) is 0 Å². The summed E-state index contributed by atoms with van der Waals surface area (Å²) in [6, 6.07) is 27.5. The van der Waals surface area contributed by atoms with E-state index >= 15 is 4.39 Å². The highest BCUT2D eigenvalue weighted by atomic mass is 19.1. The molecule has 0 fully saturated rings. The van der Waals surface area contributed by atoms with E-state index in [1.54, 1.807) is 30.3 Å². The Morgan fingerprint density at radius 3 is 2.49 bits per heavy atom. The van der Waals surface area contributed by atoms with Crippen LogP contribution < -0.4 is 16.0 Å². The quantitative estimate of drug-likeness (QED) is 0.358. The number of hydrogen-bond acceptors (Lipinski definition) is 3. The van der Waals surface area contributed by atoms with Crippen LogP contribution in [0.2, 0.25) is 0 Å². The van der Waals surface area contributed by atoms with E-state index in [1.165, 1.54) is 6.07 Å². The van der Waals surface area contributed by atoms with Gasteiger partial charge in [-0.15, -0.1) is 0 Å². The summed E-state index contributed by atoms with van der Waals surface area (Å²) in [5.74, 6) is -0.986. The molecule has 1 heterocycles. The van der Waals surface area contributed by atoms with Crippen LogP contribution in [0.3, 0.4) is 0 Å². The first-order valence-corrected chi connectivity index (χ1v) is 12.4. The van der Waals surface area contributed by atoms with Crippen molar-refractivity contribution >= 4 is 17.5 Å². The van der Waals surface area contributed by atoms with Crippen LogP contribution in [0.25, 0.3) is 11.1 Å². The van der Waals surface area contributed by atoms with E-state index in [4.69, 9.17) is 5.73 Å². The first-order chi connectivity index (χ1) is 18.0. The number of amides is 2. The minimum atomic E-state index is -0.543. The lowest BCUT2D eigenvalue weighted by Gasteiger charge is -2.32. The molecule has 6 heteroatoms. The molecule has 0 aromatic heterocycles. The molecule has 2 amide bonds. The molecule has 4 aromatic rings. The van der Waals surface area contributed by atoms with Crippen molar-refractivity contribution in [2.75, 3.05) is 11.4 Å². The van der Waals surface area contributed by atoms with Gasteiger partial charge in [0.25, 0.3) is 5.91 Å². The topological polar surface area (TPSA) is 75.4 Å². The fourth-order valence-electron chi connectivity index (χ4n) is 4.86. The average Bonchev–Trinajstić information content (AvgIpc) is 2.93. The normalized spacial score (nSPS) is 12.6. The Hall–Kier alpha value is -4.45. The lowest BCUT2D eigenvalue weighted by Crippen LogP contribution is -2.30. The summed E-state index contributed by atoms with van der Waals surface area (Å²) >= 11 is 0. The van der Waals surface area contributed by atoms with Crippen LogP contribution in [0, 0.1) is 5.82 Å². The van der Waals surface area contributed by atoms with Gasteiger partial charge < -0.3 is 16.0 Å². The second-order valence-corrected chi connectivity index (χ2v) is 9.25. The van der Waals surface area contributed by atoms with E-state index in [2.05, 4.69) is 10.2 Å². The standard InChI is InChI=1S/C31H28FN3O2/c32-28-18-22(26-10-4-5-11-27(26)30(33)36)12-13-25(28)20-35-16-6-9-23-17-24(14-15-29(23)35)31(37)34-19-21-7-2-1-3-8-21/h1-5,7-8,10-15,17-18H,6,9,16,19-20H2,(H2,33,36)(H,34,37). The largest absolute Gasteiger partial charge is 0.367 e. The number of carbonyl (C=O) groups is 2. The van der Waals surface area contributed by atoms with Crippen LogP contribution in [0.5, 0.6) is 0 Å². The zero-order valence-corrected chi connectivity index (χ0v) is 20.4. The molecule has 5 rings (SSSR count). The highest BCUT2D eigenvalue weighted by molar-refractivity contribution is 5.99. The molecule has 0 bridgehead atoms. The van der Waals surface area contributed by atoms with Gasteiger partial charge in [0.1, 0.15) is 5.82 Å². The van der Waals surface area contributed by atoms with Crippen LogP contribution in [0.4, 0.5) is 10.1 Å². The van der Waals surface area contributed by atoms with Crippen molar-refractivity contribution < 1.29 is 14.0 Å². The van der Waals surface area contributed by atoms with Gasteiger partial charge >= 0.3 is 0 Å². The summed E-state index contributed by atoms with van der Waals surface area (Å²) in [6.45, 7) is 1.69. The summed E-state index contributed by atoms with van der Waals surface area (Å²) in [7, 11) is 0. The van der Waals surface area contributed by atoms with Gasteiger partial charge in [0.05, 0.1) is 0 Å². The molecule has 5 nitrogen and oxygen atoms in total. The average molecular weight is 494 g/mol. The Labute approximate surface area is 215 Å². The molecule has 0 aliphatic carbocycles. The Bertz CT molecular complexity index is 1450. The van der Waals surface area contributed by atoms with E-state index in [1.807, 2.05) is 54.6 Å². The van der Waals surface area contributed by atoms with Gasteiger partial charge in [-0.25, -0.2) is 4.39 Å². The molecule has 0 spiro atoms. The fraction of sp³-hybridized carbons (Fsp3) is 0.161. The van der Waals surface area contributed by atoms with Crippen LogP contribution in [-0.2, 0) is 19.5 Å². The number of anilines is 1. The van der Waals surface area contributed by atoms with Gasteiger partial charge in [0, 0.05) is 42.0 Å². The third kappa shape index (κ3) is 5.38. The number of nitrogens with one attached hydrogen (secondary N) is 1. The molecule has 0 atom stereocenters. The van der Waals surface area contributed by atoms with E-state index in [0.717, 1.165) is 36.2 Å². The van der Waals surface area contributed by atoms with Crippen molar-refractivity contribution in [3.8, 4) is 11.1 Å². The van der Waals surface area contributed by atoms with E-state index in [9.17, 15) is 9.59 Å². The first kappa shape index (κ1) is 24.3. The van der Waals surface area contributed by atoms with Crippen LogP contribution in [-0.4, -0.2) is 18.4 Å². The molecule has 3 N–H and O–H groups in total. The predicted molar refractivity (Wildman–Crippen MR) is 144 cm³/mol. The minimum absolute atomic E-state index is 0.110. The van der Waals surface area contributed by atoms with Gasteiger partial charge in [0.15, 0.2) is 0 Å². The number of nitrogens with two attached hydrogens (primary N) is 1. The van der Waals surface area contributed by atoms with E-state index in [0.29, 0.717) is 40.9 Å². The summed E-state index contributed by atoms with van der Waals surface area (Å²) in [5.41, 5.74) is 11.4. The third-order valence-corrected chi connectivity index (χ3v) is 6.77. The Morgan fingerprint density at radius 1 is 0.919 bits per heavy atom. The van der Waals surface area contributed by atoms with Crippen molar-refractivity contribution in [3.63, 3.8) is 0 Å². The van der Waals surface area contributed by atoms with Gasteiger partial charge in [-0.3, -0.25) is 9.59 Å². The van der Waals surface area contributed by atoms with Gasteiger partial charge in [0.2, 0.25) is 5.91 Å². The Balaban J connectivity index is 1.32. The fourth-order valence-corrected chi connectivity index (χ4v) is 4.86. The molecular formula is C31H28FN3O2. The van der Waals surface area contributed by atoms with Crippen molar-refractivity contribution in [2.24, 2.45) is 5.73 Å². The zero-order valence-electron chi connectivity index (χ0n) is 20.4. The smallest absolute Gasteiger partial charge is 0.251 e. The molecule has 0 unspecified atom stereocenters. The predicted octanol–water partition coefficient (Wildman–Crippen LogP) is 5.47. The second kappa shape index (κ2) is 10.7.